The monoisotopic (exact) mass is 431 g/mol. The zero-order chi connectivity index (χ0) is 19.3. The standard InChI is InChI=1S/C18H19Cl2NO3S2/c1-12(13-4-7-16(8-5-13)26(2,23)24)21-18(22)11-25-10-14-3-6-15(19)9-17(14)20/h3-9,12H,10-11H2,1-2H3,(H,21,22). The Morgan fingerprint density at radius 2 is 1.81 bits per heavy atom. The highest BCUT2D eigenvalue weighted by molar-refractivity contribution is 7.99. The van der Waals surface area contributed by atoms with E-state index in [0.29, 0.717) is 21.6 Å². The van der Waals surface area contributed by atoms with Crippen molar-refractivity contribution >= 4 is 50.7 Å². The second-order valence-electron chi connectivity index (χ2n) is 5.86. The van der Waals surface area contributed by atoms with Gasteiger partial charge in [-0.25, -0.2) is 8.42 Å². The Bertz CT molecular complexity index is 884. The highest BCUT2D eigenvalue weighted by Crippen LogP contribution is 2.24. The van der Waals surface area contributed by atoms with Gasteiger partial charge in [0.2, 0.25) is 5.91 Å². The molecule has 1 N–H and O–H groups in total. The Labute approximate surface area is 168 Å². The molecule has 1 atom stereocenters. The molecule has 2 aromatic rings. The fourth-order valence-corrected chi connectivity index (χ4v) is 4.29. The van der Waals surface area contributed by atoms with Crippen molar-refractivity contribution in [1.29, 1.82) is 0 Å². The molecule has 0 aliphatic heterocycles. The molecule has 0 aliphatic carbocycles. The van der Waals surface area contributed by atoms with Crippen LogP contribution in [0.1, 0.15) is 24.1 Å². The lowest BCUT2D eigenvalue weighted by Gasteiger charge is -2.15. The van der Waals surface area contributed by atoms with Crippen LogP contribution in [0.5, 0.6) is 0 Å². The van der Waals surface area contributed by atoms with Crippen LogP contribution in [-0.2, 0) is 20.4 Å². The molecule has 8 heteroatoms. The topological polar surface area (TPSA) is 63.2 Å². The van der Waals surface area contributed by atoms with Crippen LogP contribution in [0.15, 0.2) is 47.4 Å². The molecule has 0 fully saturated rings. The summed E-state index contributed by atoms with van der Waals surface area (Å²) >= 11 is 13.4. The van der Waals surface area contributed by atoms with E-state index >= 15 is 0 Å². The van der Waals surface area contributed by atoms with Crippen LogP contribution < -0.4 is 5.32 Å². The summed E-state index contributed by atoms with van der Waals surface area (Å²) in [6.45, 7) is 1.86. The number of carbonyl (C=O) groups excluding carboxylic acids is 1. The maximum atomic E-state index is 12.1. The first kappa shape index (κ1) is 21.1. The van der Waals surface area contributed by atoms with E-state index in [1.807, 2.05) is 13.0 Å². The van der Waals surface area contributed by atoms with Gasteiger partial charge in [0, 0.05) is 22.1 Å². The van der Waals surface area contributed by atoms with Gasteiger partial charge in [0.1, 0.15) is 0 Å². The van der Waals surface area contributed by atoms with Crippen LogP contribution in [0, 0.1) is 0 Å². The van der Waals surface area contributed by atoms with Gasteiger partial charge in [0.05, 0.1) is 16.7 Å². The maximum absolute atomic E-state index is 12.1. The minimum atomic E-state index is -3.22. The van der Waals surface area contributed by atoms with Crippen molar-refractivity contribution in [2.45, 2.75) is 23.6 Å². The molecule has 0 spiro atoms. The quantitative estimate of drug-likeness (QED) is 0.700. The summed E-state index contributed by atoms with van der Waals surface area (Å²) in [7, 11) is -3.22. The smallest absolute Gasteiger partial charge is 0.230 e. The van der Waals surface area contributed by atoms with Gasteiger partial charge in [-0.1, -0.05) is 41.4 Å². The summed E-state index contributed by atoms with van der Waals surface area (Å²) < 4.78 is 23.0. The van der Waals surface area contributed by atoms with Crippen LogP contribution in [-0.4, -0.2) is 26.3 Å². The highest BCUT2D eigenvalue weighted by atomic mass is 35.5. The molecule has 2 aromatic carbocycles. The molecule has 0 saturated heterocycles. The number of amides is 1. The van der Waals surface area contributed by atoms with E-state index in [9.17, 15) is 13.2 Å². The van der Waals surface area contributed by atoms with E-state index in [0.717, 1.165) is 17.4 Å². The summed E-state index contributed by atoms with van der Waals surface area (Å²) in [5.74, 6) is 0.811. The SMILES string of the molecule is CC(NC(=O)CSCc1ccc(Cl)cc1Cl)c1ccc(S(C)(=O)=O)cc1. The molecule has 0 aliphatic rings. The molecule has 140 valence electrons. The van der Waals surface area contributed by atoms with Crippen molar-refractivity contribution in [1.82, 2.24) is 5.32 Å². The van der Waals surface area contributed by atoms with E-state index in [1.165, 1.54) is 11.8 Å². The Hall–Kier alpha value is -1.21. The Morgan fingerprint density at radius 3 is 2.38 bits per heavy atom. The van der Waals surface area contributed by atoms with E-state index in [4.69, 9.17) is 23.2 Å². The number of thioether (sulfide) groups is 1. The van der Waals surface area contributed by atoms with Crippen LogP contribution in [0.2, 0.25) is 10.0 Å². The normalized spacial score (nSPS) is 12.6. The second-order valence-corrected chi connectivity index (χ2v) is 9.70. The first-order valence-corrected chi connectivity index (χ1v) is 11.6. The fourth-order valence-electron chi connectivity index (χ4n) is 2.26. The number of hydrogen-bond acceptors (Lipinski definition) is 4. The van der Waals surface area contributed by atoms with Crippen LogP contribution in [0.25, 0.3) is 0 Å². The summed E-state index contributed by atoms with van der Waals surface area (Å²) in [5.41, 5.74) is 1.77. The first-order chi connectivity index (χ1) is 12.2. The summed E-state index contributed by atoms with van der Waals surface area (Å²) in [4.78, 5) is 12.4. The Kier molecular flexibility index (Phi) is 7.41. The number of carbonyl (C=O) groups is 1. The van der Waals surface area contributed by atoms with Gasteiger partial charge in [-0.3, -0.25) is 4.79 Å². The van der Waals surface area contributed by atoms with Gasteiger partial charge in [-0.15, -0.1) is 11.8 Å². The molecular weight excluding hydrogens is 413 g/mol. The molecule has 0 heterocycles. The van der Waals surface area contributed by atoms with Crippen molar-refractivity contribution < 1.29 is 13.2 Å². The van der Waals surface area contributed by atoms with Gasteiger partial charge >= 0.3 is 0 Å². The maximum Gasteiger partial charge on any atom is 0.230 e. The van der Waals surface area contributed by atoms with E-state index in [1.54, 1.807) is 36.4 Å². The lowest BCUT2D eigenvalue weighted by molar-refractivity contribution is -0.119. The molecule has 0 aromatic heterocycles. The Balaban J connectivity index is 1.85. The van der Waals surface area contributed by atoms with Crippen molar-refractivity contribution in [2.24, 2.45) is 0 Å². The number of hydrogen-bond donors (Lipinski definition) is 1. The molecule has 0 bridgehead atoms. The number of nitrogens with one attached hydrogen (secondary N) is 1. The number of halogens is 2. The second kappa shape index (κ2) is 9.13. The first-order valence-electron chi connectivity index (χ1n) is 7.78. The van der Waals surface area contributed by atoms with Crippen LogP contribution in [0.4, 0.5) is 0 Å². The minimum Gasteiger partial charge on any atom is -0.349 e. The molecule has 0 saturated carbocycles. The van der Waals surface area contributed by atoms with Crippen molar-refractivity contribution in [3.05, 3.63) is 63.6 Å². The third-order valence-electron chi connectivity index (χ3n) is 3.69. The molecule has 1 amide bonds. The third kappa shape index (κ3) is 6.20. The number of sulfone groups is 1. The zero-order valence-electron chi connectivity index (χ0n) is 14.3. The molecule has 0 radical (unpaired) electrons. The fraction of sp³-hybridized carbons (Fsp3) is 0.278. The van der Waals surface area contributed by atoms with Crippen LogP contribution in [0.3, 0.4) is 0 Å². The number of benzene rings is 2. The van der Waals surface area contributed by atoms with Crippen molar-refractivity contribution in [2.75, 3.05) is 12.0 Å². The predicted octanol–water partition coefficient (Wildman–Crippen LogP) is 4.51. The Morgan fingerprint density at radius 1 is 1.15 bits per heavy atom. The van der Waals surface area contributed by atoms with Gasteiger partial charge in [0.25, 0.3) is 0 Å². The molecule has 1 unspecified atom stereocenters. The van der Waals surface area contributed by atoms with E-state index in [2.05, 4.69) is 5.32 Å². The molecule has 4 nitrogen and oxygen atoms in total. The van der Waals surface area contributed by atoms with Crippen LogP contribution >= 0.6 is 35.0 Å². The third-order valence-corrected chi connectivity index (χ3v) is 6.39. The largest absolute Gasteiger partial charge is 0.349 e. The zero-order valence-corrected chi connectivity index (χ0v) is 17.5. The van der Waals surface area contributed by atoms with Crippen molar-refractivity contribution in [3.8, 4) is 0 Å². The average molecular weight is 432 g/mol. The average Bonchev–Trinajstić information content (AvgIpc) is 2.56. The van der Waals surface area contributed by atoms with Gasteiger partial charge in [0.15, 0.2) is 9.84 Å². The lowest BCUT2D eigenvalue weighted by atomic mass is 10.1. The molecule has 26 heavy (non-hydrogen) atoms. The number of rotatable bonds is 7. The molecule has 2 rings (SSSR count). The summed E-state index contributed by atoms with van der Waals surface area (Å²) in [5, 5.41) is 4.07. The molecular formula is C18H19Cl2NO3S2. The van der Waals surface area contributed by atoms with Gasteiger partial charge < -0.3 is 5.32 Å². The predicted molar refractivity (Wildman–Crippen MR) is 109 cm³/mol. The summed E-state index contributed by atoms with van der Waals surface area (Å²) in [6.07, 6.45) is 1.16. The highest BCUT2D eigenvalue weighted by Gasteiger charge is 2.12. The van der Waals surface area contributed by atoms with E-state index in [-0.39, 0.29) is 16.8 Å². The van der Waals surface area contributed by atoms with Gasteiger partial charge in [-0.05, 0) is 42.3 Å². The van der Waals surface area contributed by atoms with Crippen molar-refractivity contribution in [3.63, 3.8) is 0 Å². The lowest BCUT2D eigenvalue weighted by Crippen LogP contribution is -2.28. The van der Waals surface area contributed by atoms with E-state index < -0.39 is 9.84 Å². The summed E-state index contributed by atoms with van der Waals surface area (Å²) in [6, 6.07) is 11.6. The van der Waals surface area contributed by atoms with Gasteiger partial charge in [-0.2, -0.15) is 0 Å². The minimum absolute atomic E-state index is 0.0974.